The van der Waals surface area contributed by atoms with Crippen molar-refractivity contribution in [3.8, 4) is 0 Å². The van der Waals surface area contributed by atoms with E-state index in [0.29, 0.717) is 5.92 Å². The average Bonchev–Trinajstić information content (AvgIpc) is 2.44. The minimum Gasteiger partial charge on any atom is -0.364 e. The van der Waals surface area contributed by atoms with Crippen molar-refractivity contribution < 1.29 is 4.79 Å². The number of benzene rings is 1. The van der Waals surface area contributed by atoms with E-state index in [2.05, 4.69) is 5.32 Å². The summed E-state index contributed by atoms with van der Waals surface area (Å²) < 4.78 is 0. The standard InChI is InChI=1S/C15H20N2O/c1-17-14(11-7-3-2-4-8-11)16-13-10-6-5-9-12(13)15(17)18/h5-6,9-11,14,16H,2-4,7-8H2,1H3/t14-/m0/s1. The highest BCUT2D eigenvalue weighted by atomic mass is 16.2. The molecule has 0 spiro atoms. The van der Waals surface area contributed by atoms with Gasteiger partial charge in [-0.15, -0.1) is 0 Å². The number of hydrogen-bond acceptors (Lipinski definition) is 2. The first kappa shape index (κ1) is 11.6. The molecule has 3 rings (SSSR count). The van der Waals surface area contributed by atoms with Crippen LogP contribution >= 0.6 is 0 Å². The van der Waals surface area contributed by atoms with Crippen LogP contribution in [0.2, 0.25) is 0 Å². The van der Waals surface area contributed by atoms with Crippen LogP contribution in [0.5, 0.6) is 0 Å². The number of para-hydroxylation sites is 1. The molecule has 1 heterocycles. The van der Waals surface area contributed by atoms with Gasteiger partial charge in [0, 0.05) is 12.7 Å². The van der Waals surface area contributed by atoms with Crippen LogP contribution in [-0.2, 0) is 0 Å². The number of fused-ring (bicyclic) bond motifs is 1. The molecule has 1 aromatic carbocycles. The SMILES string of the molecule is CN1C(=O)c2ccccc2N[C@@H]1C1CCCCC1. The third-order valence-electron chi connectivity index (χ3n) is 4.29. The Morgan fingerprint density at radius 1 is 1.17 bits per heavy atom. The lowest BCUT2D eigenvalue weighted by molar-refractivity contribution is 0.0658. The molecule has 0 saturated heterocycles. The van der Waals surface area contributed by atoms with Crippen LogP contribution in [0.15, 0.2) is 24.3 Å². The molecule has 0 aromatic heterocycles. The van der Waals surface area contributed by atoms with Crippen molar-refractivity contribution in [2.45, 2.75) is 38.3 Å². The molecule has 0 bridgehead atoms. The van der Waals surface area contributed by atoms with Crippen LogP contribution in [0.3, 0.4) is 0 Å². The Labute approximate surface area is 108 Å². The Bertz CT molecular complexity index is 452. The van der Waals surface area contributed by atoms with Crippen molar-refractivity contribution in [3.63, 3.8) is 0 Å². The molecule has 1 aliphatic heterocycles. The van der Waals surface area contributed by atoms with Gasteiger partial charge in [0.25, 0.3) is 5.91 Å². The maximum Gasteiger partial charge on any atom is 0.257 e. The monoisotopic (exact) mass is 244 g/mol. The molecule has 1 atom stereocenters. The van der Waals surface area contributed by atoms with E-state index in [1.54, 1.807) is 0 Å². The molecule has 3 nitrogen and oxygen atoms in total. The second-order valence-electron chi connectivity index (χ2n) is 5.45. The van der Waals surface area contributed by atoms with Gasteiger partial charge in [0.1, 0.15) is 6.17 Å². The highest BCUT2D eigenvalue weighted by Crippen LogP contribution is 2.33. The summed E-state index contributed by atoms with van der Waals surface area (Å²) in [5.41, 5.74) is 1.79. The number of nitrogens with one attached hydrogen (secondary N) is 1. The quantitative estimate of drug-likeness (QED) is 0.823. The van der Waals surface area contributed by atoms with Crippen molar-refractivity contribution in [1.29, 1.82) is 0 Å². The van der Waals surface area contributed by atoms with Crippen LogP contribution in [-0.4, -0.2) is 24.0 Å². The number of rotatable bonds is 1. The van der Waals surface area contributed by atoms with E-state index in [1.165, 1.54) is 32.1 Å². The van der Waals surface area contributed by atoms with Gasteiger partial charge in [-0.05, 0) is 30.9 Å². The first-order chi connectivity index (χ1) is 8.77. The lowest BCUT2D eigenvalue weighted by atomic mass is 9.85. The molecule has 0 unspecified atom stereocenters. The van der Waals surface area contributed by atoms with E-state index in [-0.39, 0.29) is 12.1 Å². The maximum atomic E-state index is 12.4. The highest BCUT2D eigenvalue weighted by molar-refractivity contribution is 6.01. The lowest BCUT2D eigenvalue weighted by Crippen LogP contribution is -2.50. The third-order valence-corrected chi connectivity index (χ3v) is 4.29. The molecule has 18 heavy (non-hydrogen) atoms. The summed E-state index contributed by atoms with van der Waals surface area (Å²) in [5, 5.41) is 3.55. The minimum absolute atomic E-state index is 0.153. The Morgan fingerprint density at radius 2 is 1.89 bits per heavy atom. The molecule has 3 heteroatoms. The molecule has 96 valence electrons. The Morgan fingerprint density at radius 3 is 2.67 bits per heavy atom. The van der Waals surface area contributed by atoms with Crippen molar-refractivity contribution in [1.82, 2.24) is 4.90 Å². The zero-order valence-electron chi connectivity index (χ0n) is 10.9. The first-order valence-corrected chi connectivity index (χ1v) is 6.90. The highest BCUT2D eigenvalue weighted by Gasteiger charge is 2.34. The Hall–Kier alpha value is -1.51. The molecule has 1 aromatic rings. The van der Waals surface area contributed by atoms with Crippen molar-refractivity contribution in [2.75, 3.05) is 12.4 Å². The van der Waals surface area contributed by atoms with Crippen LogP contribution in [0.4, 0.5) is 5.69 Å². The summed E-state index contributed by atoms with van der Waals surface area (Å²) in [7, 11) is 1.92. The molecular formula is C15H20N2O. The smallest absolute Gasteiger partial charge is 0.257 e. The number of anilines is 1. The van der Waals surface area contributed by atoms with Gasteiger partial charge in [0.15, 0.2) is 0 Å². The van der Waals surface area contributed by atoms with E-state index in [9.17, 15) is 4.79 Å². The summed E-state index contributed by atoms with van der Waals surface area (Å²) >= 11 is 0. The van der Waals surface area contributed by atoms with Crippen LogP contribution in [0, 0.1) is 5.92 Å². The summed E-state index contributed by atoms with van der Waals surface area (Å²) in [6, 6.07) is 7.82. The normalized spacial score (nSPS) is 24.6. The molecule has 1 amide bonds. The van der Waals surface area contributed by atoms with E-state index >= 15 is 0 Å². The third kappa shape index (κ3) is 1.88. The van der Waals surface area contributed by atoms with Gasteiger partial charge >= 0.3 is 0 Å². The van der Waals surface area contributed by atoms with E-state index in [4.69, 9.17) is 0 Å². The average molecular weight is 244 g/mol. The fourth-order valence-electron chi connectivity index (χ4n) is 3.25. The van der Waals surface area contributed by atoms with Crippen molar-refractivity contribution in [2.24, 2.45) is 5.92 Å². The topological polar surface area (TPSA) is 32.3 Å². The predicted octanol–water partition coefficient (Wildman–Crippen LogP) is 3.09. The first-order valence-electron chi connectivity index (χ1n) is 6.90. The molecule has 2 aliphatic rings. The largest absolute Gasteiger partial charge is 0.364 e. The second kappa shape index (κ2) is 4.63. The molecular weight excluding hydrogens is 224 g/mol. The summed E-state index contributed by atoms with van der Waals surface area (Å²) in [6.07, 6.45) is 6.58. The number of hydrogen-bond donors (Lipinski definition) is 1. The fraction of sp³-hybridized carbons (Fsp3) is 0.533. The van der Waals surface area contributed by atoms with Gasteiger partial charge in [-0.25, -0.2) is 0 Å². The van der Waals surface area contributed by atoms with Crippen LogP contribution in [0.25, 0.3) is 0 Å². The predicted molar refractivity (Wildman–Crippen MR) is 72.5 cm³/mol. The Balaban J connectivity index is 1.88. The number of amides is 1. The van der Waals surface area contributed by atoms with Crippen molar-refractivity contribution in [3.05, 3.63) is 29.8 Å². The number of carbonyl (C=O) groups is 1. The summed E-state index contributed by atoms with van der Waals surface area (Å²) in [5.74, 6) is 0.751. The lowest BCUT2D eigenvalue weighted by Gasteiger charge is -2.41. The second-order valence-corrected chi connectivity index (χ2v) is 5.45. The molecule has 0 radical (unpaired) electrons. The van der Waals surface area contributed by atoms with Gasteiger partial charge in [0.2, 0.25) is 0 Å². The Kier molecular flexibility index (Phi) is 2.98. The maximum absolute atomic E-state index is 12.4. The molecule has 1 N–H and O–H groups in total. The van der Waals surface area contributed by atoms with Gasteiger partial charge in [-0.1, -0.05) is 31.4 Å². The van der Waals surface area contributed by atoms with Crippen LogP contribution in [0.1, 0.15) is 42.5 Å². The molecule has 1 aliphatic carbocycles. The fourth-order valence-corrected chi connectivity index (χ4v) is 3.25. The number of nitrogens with zero attached hydrogens (tertiary/aromatic N) is 1. The van der Waals surface area contributed by atoms with Gasteiger partial charge < -0.3 is 10.2 Å². The van der Waals surface area contributed by atoms with E-state index in [1.807, 2.05) is 36.2 Å². The van der Waals surface area contributed by atoms with Gasteiger partial charge in [0.05, 0.1) is 5.56 Å². The van der Waals surface area contributed by atoms with Gasteiger partial charge in [-0.2, -0.15) is 0 Å². The minimum atomic E-state index is 0.153. The zero-order valence-corrected chi connectivity index (χ0v) is 10.9. The summed E-state index contributed by atoms with van der Waals surface area (Å²) in [6.45, 7) is 0. The van der Waals surface area contributed by atoms with Crippen LogP contribution < -0.4 is 5.32 Å². The molecule has 1 saturated carbocycles. The van der Waals surface area contributed by atoms with E-state index < -0.39 is 0 Å². The zero-order chi connectivity index (χ0) is 12.5. The van der Waals surface area contributed by atoms with Gasteiger partial charge in [-0.3, -0.25) is 4.79 Å². The summed E-state index contributed by atoms with van der Waals surface area (Å²) in [4.78, 5) is 14.2. The van der Waals surface area contributed by atoms with E-state index in [0.717, 1.165) is 11.3 Å². The number of carbonyl (C=O) groups excluding carboxylic acids is 1. The molecule has 1 fully saturated rings. The van der Waals surface area contributed by atoms with Crippen molar-refractivity contribution >= 4 is 11.6 Å².